The van der Waals surface area contributed by atoms with Gasteiger partial charge in [0.1, 0.15) is 12.5 Å². The number of likely N-dealkylation sites (N-methyl/N-ethyl adjacent to an activating group) is 1. The number of thioether (sulfide) groups is 1. The van der Waals surface area contributed by atoms with E-state index in [0.717, 1.165) is 42.3 Å². The number of rotatable bonds is 9. The van der Waals surface area contributed by atoms with Crippen molar-refractivity contribution in [3.63, 3.8) is 0 Å². The first-order valence-electron chi connectivity index (χ1n) is 14.5. The molecule has 2 aromatic heterocycles. The maximum atomic E-state index is 14.4. The second-order valence-electron chi connectivity index (χ2n) is 12.5. The summed E-state index contributed by atoms with van der Waals surface area (Å²) in [4.78, 5) is 15.8. The predicted octanol–water partition coefficient (Wildman–Crippen LogP) is 5.48. The molecule has 0 amide bonds. The summed E-state index contributed by atoms with van der Waals surface area (Å²) in [5.74, 6) is 0.836. The van der Waals surface area contributed by atoms with Crippen molar-refractivity contribution < 1.29 is 17.9 Å². The van der Waals surface area contributed by atoms with Crippen molar-refractivity contribution in [3.05, 3.63) is 35.2 Å². The van der Waals surface area contributed by atoms with Gasteiger partial charge in [0.2, 0.25) is 0 Å². The average Bonchev–Trinajstić information content (AvgIpc) is 3.37. The number of piperazine rings is 1. The lowest BCUT2D eigenvalue weighted by molar-refractivity contribution is -0.137. The van der Waals surface area contributed by atoms with E-state index in [9.17, 15) is 18.4 Å². The van der Waals surface area contributed by atoms with Crippen molar-refractivity contribution in [2.24, 2.45) is 0 Å². The van der Waals surface area contributed by atoms with Gasteiger partial charge in [-0.3, -0.25) is 4.90 Å². The van der Waals surface area contributed by atoms with Gasteiger partial charge in [0.25, 0.3) is 0 Å². The van der Waals surface area contributed by atoms with Gasteiger partial charge in [-0.15, -0.1) is 0 Å². The summed E-state index contributed by atoms with van der Waals surface area (Å²) in [6.45, 7) is 10.4. The van der Waals surface area contributed by atoms with E-state index in [4.69, 9.17) is 14.7 Å². The molecule has 43 heavy (non-hydrogen) atoms. The van der Waals surface area contributed by atoms with Crippen LogP contribution in [0.3, 0.4) is 0 Å². The van der Waals surface area contributed by atoms with Gasteiger partial charge in [0.05, 0.1) is 47.7 Å². The molecule has 0 aliphatic carbocycles. The first kappa shape index (κ1) is 31.6. The fraction of sp³-hybridized carbons (Fsp3) is 0.586. The molecule has 1 aromatic carbocycles. The summed E-state index contributed by atoms with van der Waals surface area (Å²) in [5.41, 5.74) is 1.77. The monoisotopic (exact) mass is 632 g/mol. The Morgan fingerprint density at radius 3 is 2.63 bits per heavy atom. The van der Waals surface area contributed by atoms with Crippen LogP contribution in [0, 0.1) is 11.3 Å². The van der Waals surface area contributed by atoms with Crippen molar-refractivity contribution in [1.82, 2.24) is 24.6 Å². The zero-order valence-corrected chi connectivity index (χ0v) is 27.2. The highest BCUT2D eigenvalue weighted by Crippen LogP contribution is 2.43. The molecule has 1 fully saturated rings. The predicted molar refractivity (Wildman–Crippen MR) is 166 cm³/mol. The number of aromatic nitrogens is 4. The molecule has 0 spiro atoms. The molecule has 5 rings (SSSR count). The third kappa shape index (κ3) is 6.95. The number of alkyl halides is 3. The van der Waals surface area contributed by atoms with Crippen molar-refractivity contribution in [1.29, 1.82) is 5.26 Å². The number of ether oxygens (including phenoxy) is 1. The fourth-order valence-corrected chi connectivity index (χ4v) is 6.87. The number of anilines is 2. The smallest absolute Gasteiger partial charge is 0.364 e. The lowest BCUT2D eigenvalue weighted by Crippen LogP contribution is -2.52. The zero-order chi connectivity index (χ0) is 30.9. The Morgan fingerprint density at radius 2 is 1.93 bits per heavy atom. The van der Waals surface area contributed by atoms with Crippen LogP contribution in [-0.2, 0) is 30.6 Å². The highest BCUT2D eigenvalue weighted by atomic mass is 32.2. The van der Waals surface area contributed by atoms with Crippen molar-refractivity contribution in [2.75, 3.05) is 55.9 Å². The summed E-state index contributed by atoms with van der Waals surface area (Å²) >= 11 is 1.42. The SMILES string of the molecule is CSc1nc2c(c(N3CCN(C)C(CC#N)C3)n1)CCN(c1c(C(F)(F)F)ccc3c1cnn3COCC[Si](C)(C)C)C2. The second-order valence-corrected chi connectivity index (χ2v) is 18.9. The quantitative estimate of drug-likeness (QED) is 0.132. The molecule has 9 nitrogen and oxygen atoms in total. The highest BCUT2D eigenvalue weighted by molar-refractivity contribution is 7.98. The van der Waals surface area contributed by atoms with E-state index in [1.54, 1.807) is 9.58 Å². The normalized spacial score (nSPS) is 18.3. The molecule has 2 aliphatic heterocycles. The molecule has 4 heterocycles. The Morgan fingerprint density at radius 1 is 1.14 bits per heavy atom. The molecule has 3 aromatic rings. The average molecular weight is 633 g/mol. The molecule has 1 unspecified atom stereocenters. The van der Waals surface area contributed by atoms with Crippen molar-refractivity contribution >= 4 is 42.2 Å². The summed E-state index contributed by atoms with van der Waals surface area (Å²) in [5, 5.41) is 14.8. The Hall–Kier alpha value is -2.86. The van der Waals surface area contributed by atoms with E-state index in [2.05, 4.69) is 40.6 Å². The van der Waals surface area contributed by atoms with Crippen molar-refractivity contribution in [2.45, 2.75) is 69.2 Å². The second kappa shape index (κ2) is 12.6. The molecule has 232 valence electrons. The number of nitrogens with zero attached hydrogens (tertiary/aromatic N) is 8. The van der Waals surface area contributed by atoms with E-state index in [-0.39, 0.29) is 25.0 Å². The standard InChI is InChI=1S/C29H39F3N8OSSi/c1-37-12-13-39(17-20(37)8-10-33)27-21-9-11-38(18-24(21)35-28(36-27)42-2)26-22-16-34-40(19-41-14-15-43(3,4)5)25(22)7-6-23(26)29(30,31)32/h6-7,16,20H,8-9,11-15,17-19H2,1-5H3. The molecular formula is C29H39F3N8OSSi. The Balaban J connectivity index is 1.48. The van der Waals surface area contributed by atoms with Crippen LogP contribution in [0.15, 0.2) is 23.5 Å². The maximum Gasteiger partial charge on any atom is 0.418 e. The Labute approximate surface area is 256 Å². The van der Waals surface area contributed by atoms with Crippen LogP contribution in [-0.4, -0.2) is 84.9 Å². The molecular weight excluding hydrogens is 594 g/mol. The topological polar surface area (TPSA) is 86.3 Å². The minimum Gasteiger partial charge on any atom is -0.364 e. The van der Waals surface area contributed by atoms with Gasteiger partial charge >= 0.3 is 6.18 Å². The summed E-state index contributed by atoms with van der Waals surface area (Å²) in [6.07, 6.45) is -0.176. The lowest BCUT2D eigenvalue weighted by Gasteiger charge is -2.41. The molecule has 1 atom stereocenters. The minimum absolute atomic E-state index is 0.0881. The zero-order valence-electron chi connectivity index (χ0n) is 25.4. The van der Waals surface area contributed by atoms with E-state index in [1.165, 1.54) is 24.0 Å². The lowest BCUT2D eigenvalue weighted by atomic mass is 10.0. The molecule has 14 heteroatoms. The number of benzene rings is 1. The van der Waals surface area contributed by atoms with E-state index < -0.39 is 19.8 Å². The minimum atomic E-state index is -4.53. The van der Waals surface area contributed by atoms with Gasteiger partial charge in [-0.25, -0.2) is 14.6 Å². The van der Waals surface area contributed by atoms with Gasteiger partial charge in [-0.1, -0.05) is 31.4 Å². The molecule has 0 saturated carbocycles. The van der Waals surface area contributed by atoms with Gasteiger partial charge in [0.15, 0.2) is 5.16 Å². The first-order chi connectivity index (χ1) is 20.4. The number of hydrogen-bond donors (Lipinski definition) is 0. The number of halogens is 3. The van der Waals surface area contributed by atoms with E-state index in [0.29, 0.717) is 48.6 Å². The summed E-state index contributed by atoms with van der Waals surface area (Å²) in [6, 6.07) is 6.02. The van der Waals surface area contributed by atoms with Gasteiger partial charge in [0, 0.05) is 57.9 Å². The van der Waals surface area contributed by atoms with Crippen LogP contribution in [0.1, 0.15) is 23.2 Å². The van der Waals surface area contributed by atoms with E-state index >= 15 is 0 Å². The van der Waals surface area contributed by atoms with Crippen LogP contribution in [0.2, 0.25) is 25.7 Å². The summed E-state index contributed by atoms with van der Waals surface area (Å²) in [7, 11) is 0.757. The van der Waals surface area contributed by atoms with Crippen molar-refractivity contribution in [3.8, 4) is 6.07 Å². The summed E-state index contributed by atoms with van der Waals surface area (Å²) < 4.78 is 50.8. The molecule has 1 saturated heterocycles. The van der Waals surface area contributed by atoms with Crippen LogP contribution in [0.4, 0.5) is 24.7 Å². The third-order valence-electron chi connectivity index (χ3n) is 8.24. The Bertz CT molecular complexity index is 1500. The van der Waals surface area contributed by atoms with E-state index in [1.807, 2.05) is 13.3 Å². The van der Waals surface area contributed by atoms with Gasteiger partial charge in [-0.05, 0) is 37.9 Å². The third-order valence-corrected chi connectivity index (χ3v) is 10.5. The molecule has 2 aliphatic rings. The highest BCUT2D eigenvalue weighted by Gasteiger charge is 2.38. The molecule has 0 radical (unpaired) electrons. The number of hydrogen-bond acceptors (Lipinski definition) is 9. The van der Waals surface area contributed by atoms with Crippen LogP contribution in [0.25, 0.3) is 10.9 Å². The number of nitriles is 1. The van der Waals surface area contributed by atoms with Crippen LogP contribution >= 0.6 is 11.8 Å². The van der Waals surface area contributed by atoms with Gasteiger partial charge < -0.3 is 14.5 Å². The molecule has 0 N–H and O–H groups in total. The first-order valence-corrected chi connectivity index (χ1v) is 19.5. The Kier molecular flexibility index (Phi) is 9.27. The largest absolute Gasteiger partial charge is 0.418 e. The van der Waals surface area contributed by atoms with Crippen LogP contribution in [0.5, 0.6) is 0 Å². The maximum absolute atomic E-state index is 14.4. The van der Waals surface area contributed by atoms with Gasteiger partial charge in [-0.2, -0.15) is 23.5 Å². The fourth-order valence-electron chi connectivity index (χ4n) is 5.74. The molecule has 0 bridgehead atoms. The van der Waals surface area contributed by atoms with Crippen LogP contribution < -0.4 is 9.80 Å². The number of fused-ring (bicyclic) bond motifs is 2.